The molecule has 90 valence electrons. The Bertz CT molecular complexity index is 355. The van der Waals surface area contributed by atoms with Crippen molar-refractivity contribution >= 4 is 11.6 Å². The van der Waals surface area contributed by atoms with Crippen molar-refractivity contribution in [2.75, 3.05) is 13.2 Å². The summed E-state index contributed by atoms with van der Waals surface area (Å²) < 4.78 is 13.1. The van der Waals surface area contributed by atoms with Crippen LogP contribution in [0, 0.1) is 11.2 Å². The van der Waals surface area contributed by atoms with E-state index >= 15 is 0 Å². The standard InChI is InChI=1S/C12H17ClFNO/c1-12(2,8-16)7-15-6-9-4-3-5-10(14)11(9)13/h3-5,15-16H,6-8H2,1-2H3. The molecule has 4 heteroatoms. The van der Waals surface area contributed by atoms with Crippen LogP contribution in [0.25, 0.3) is 0 Å². The number of aliphatic hydroxyl groups is 1. The number of hydrogen-bond donors (Lipinski definition) is 2. The van der Waals surface area contributed by atoms with E-state index in [4.69, 9.17) is 16.7 Å². The summed E-state index contributed by atoms with van der Waals surface area (Å²) in [5, 5.41) is 12.4. The van der Waals surface area contributed by atoms with Gasteiger partial charge in [-0.2, -0.15) is 0 Å². The molecule has 1 rings (SSSR count). The molecule has 0 bridgehead atoms. The number of hydrogen-bond acceptors (Lipinski definition) is 2. The van der Waals surface area contributed by atoms with Crippen LogP contribution in [0.5, 0.6) is 0 Å². The molecule has 0 fully saturated rings. The maximum atomic E-state index is 13.1. The van der Waals surface area contributed by atoms with Gasteiger partial charge in [0.05, 0.1) is 5.02 Å². The van der Waals surface area contributed by atoms with E-state index in [1.54, 1.807) is 12.1 Å². The summed E-state index contributed by atoms with van der Waals surface area (Å²) in [6.07, 6.45) is 0. The Kier molecular flexibility index (Phi) is 4.71. The average Bonchev–Trinajstić information content (AvgIpc) is 2.24. The van der Waals surface area contributed by atoms with E-state index < -0.39 is 5.82 Å². The fourth-order valence-electron chi connectivity index (χ4n) is 1.28. The highest BCUT2D eigenvalue weighted by molar-refractivity contribution is 6.31. The van der Waals surface area contributed by atoms with Gasteiger partial charge in [-0.25, -0.2) is 4.39 Å². The lowest BCUT2D eigenvalue weighted by atomic mass is 9.95. The summed E-state index contributed by atoms with van der Waals surface area (Å²) in [6.45, 7) is 5.16. The van der Waals surface area contributed by atoms with Gasteiger partial charge in [0.25, 0.3) is 0 Å². The van der Waals surface area contributed by atoms with Crippen LogP contribution in [0.2, 0.25) is 5.02 Å². The van der Waals surface area contributed by atoms with Crippen LogP contribution in [0.15, 0.2) is 18.2 Å². The Hall–Kier alpha value is -0.640. The molecule has 0 aliphatic carbocycles. The first-order valence-electron chi connectivity index (χ1n) is 5.21. The zero-order chi connectivity index (χ0) is 12.2. The number of benzene rings is 1. The van der Waals surface area contributed by atoms with Crippen LogP contribution in [-0.4, -0.2) is 18.3 Å². The van der Waals surface area contributed by atoms with E-state index in [-0.39, 0.29) is 17.0 Å². The molecule has 1 aromatic rings. The largest absolute Gasteiger partial charge is 0.396 e. The normalized spacial score (nSPS) is 11.8. The fourth-order valence-corrected chi connectivity index (χ4v) is 1.47. The zero-order valence-electron chi connectivity index (χ0n) is 9.56. The summed E-state index contributed by atoms with van der Waals surface area (Å²) in [6, 6.07) is 4.75. The maximum absolute atomic E-state index is 13.1. The lowest BCUT2D eigenvalue weighted by Crippen LogP contribution is -2.31. The molecular weight excluding hydrogens is 229 g/mol. The van der Waals surface area contributed by atoms with Gasteiger partial charge in [-0.05, 0) is 11.6 Å². The third-order valence-corrected chi connectivity index (χ3v) is 2.80. The monoisotopic (exact) mass is 245 g/mol. The molecule has 0 amide bonds. The van der Waals surface area contributed by atoms with Crippen molar-refractivity contribution in [3.63, 3.8) is 0 Å². The summed E-state index contributed by atoms with van der Waals surface area (Å²) >= 11 is 5.81. The smallest absolute Gasteiger partial charge is 0.142 e. The van der Waals surface area contributed by atoms with Crippen molar-refractivity contribution in [1.82, 2.24) is 5.32 Å². The first-order chi connectivity index (χ1) is 7.46. The minimum Gasteiger partial charge on any atom is -0.396 e. The summed E-state index contributed by atoms with van der Waals surface area (Å²) in [4.78, 5) is 0. The summed E-state index contributed by atoms with van der Waals surface area (Å²) in [7, 11) is 0. The second-order valence-corrected chi connectivity index (χ2v) is 5.02. The van der Waals surface area contributed by atoms with Gasteiger partial charge in [0.15, 0.2) is 0 Å². The molecule has 0 spiro atoms. The van der Waals surface area contributed by atoms with Crippen LogP contribution in [0.4, 0.5) is 4.39 Å². The topological polar surface area (TPSA) is 32.3 Å². The molecule has 2 nitrogen and oxygen atoms in total. The Labute approximate surface area is 100 Å². The van der Waals surface area contributed by atoms with Crippen molar-refractivity contribution in [2.24, 2.45) is 5.41 Å². The van der Waals surface area contributed by atoms with Gasteiger partial charge in [-0.15, -0.1) is 0 Å². The van der Waals surface area contributed by atoms with Gasteiger partial charge in [0, 0.05) is 25.1 Å². The van der Waals surface area contributed by atoms with Crippen molar-refractivity contribution in [2.45, 2.75) is 20.4 Å². The quantitative estimate of drug-likeness (QED) is 0.836. The number of nitrogens with one attached hydrogen (secondary N) is 1. The third-order valence-electron chi connectivity index (χ3n) is 2.38. The fraction of sp³-hybridized carbons (Fsp3) is 0.500. The lowest BCUT2D eigenvalue weighted by molar-refractivity contribution is 0.156. The number of aliphatic hydroxyl groups excluding tert-OH is 1. The highest BCUT2D eigenvalue weighted by atomic mass is 35.5. The third kappa shape index (κ3) is 3.74. The minimum atomic E-state index is -0.401. The second kappa shape index (κ2) is 5.62. The maximum Gasteiger partial charge on any atom is 0.142 e. The lowest BCUT2D eigenvalue weighted by Gasteiger charge is -2.22. The second-order valence-electron chi connectivity index (χ2n) is 4.64. The average molecular weight is 246 g/mol. The first-order valence-corrected chi connectivity index (χ1v) is 5.58. The Morgan fingerprint density at radius 2 is 2.12 bits per heavy atom. The molecule has 0 aliphatic rings. The zero-order valence-corrected chi connectivity index (χ0v) is 10.3. The highest BCUT2D eigenvalue weighted by Gasteiger charge is 2.15. The van der Waals surface area contributed by atoms with E-state index in [0.29, 0.717) is 13.1 Å². The van der Waals surface area contributed by atoms with Crippen LogP contribution < -0.4 is 5.32 Å². The highest BCUT2D eigenvalue weighted by Crippen LogP contribution is 2.19. The number of halogens is 2. The van der Waals surface area contributed by atoms with Gasteiger partial charge in [0.2, 0.25) is 0 Å². The molecule has 0 atom stereocenters. The Balaban J connectivity index is 2.53. The molecule has 0 aromatic heterocycles. The Morgan fingerprint density at radius 1 is 1.44 bits per heavy atom. The molecule has 0 unspecified atom stereocenters. The van der Waals surface area contributed by atoms with E-state index in [2.05, 4.69) is 5.32 Å². The molecule has 1 aromatic carbocycles. The van der Waals surface area contributed by atoms with Crippen molar-refractivity contribution in [3.05, 3.63) is 34.6 Å². The van der Waals surface area contributed by atoms with Gasteiger partial charge >= 0.3 is 0 Å². The molecular formula is C12H17ClFNO. The molecule has 0 heterocycles. The Morgan fingerprint density at radius 3 is 2.75 bits per heavy atom. The predicted octanol–water partition coefficient (Wildman–Crippen LogP) is 2.59. The molecule has 0 radical (unpaired) electrons. The van der Waals surface area contributed by atoms with E-state index in [0.717, 1.165) is 5.56 Å². The van der Waals surface area contributed by atoms with Crippen LogP contribution >= 0.6 is 11.6 Å². The van der Waals surface area contributed by atoms with E-state index in [1.165, 1.54) is 6.07 Å². The molecule has 2 N–H and O–H groups in total. The van der Waals surface area contributed by atoms with E-state index in [9.17, 15) is 4.39 Å². The van der Waals surface area contributed by atoms with E-state index in [1.807, 2.05) is 13.8 Å². The van der Waals surface area contributed by atoms with Crippen LogP contribution in [0.1, 0.15) is 19.4 Å². The first kappa shape index (κ1) is 13.4. The SMILES string of the molecule is CC(C)(CO)CNCc1cccc(F)c1Cl. The van der Waals surface area contributed by atoms with Crippen LogP contribution in [0.3, 0.4) is 0 Å². The summed E-state index contributed by atoms with van der Waals surface area (Å²) in [5.41, 5.74) is 0.551. The van der Waals surface area contributed by atoms with Gasteiger partial charge in [0.1, 0.15) is 5.82 Å². The minimum absolute atomic E-state index is 0.108. The molecule has 0 saturated carbocycles. The van der Waals surface area contributed by atoms with Gasteiger partial charge in [-0.3, -0.25) is 0 Å². The molecule has 0 saturated heterocycles. The molecule has 0 aliphatic heterocycles. The van der Waals surface area contributed by atoms with Gasteiger partial charge < -0.3 is 10.4 Å². The predicted molar refractivity (Wildman–Crippen MR) is 64.0 cm³/mol. The molecule has 16 heavy (non-hydrogen) atoms. The van der Waals surface area contributed by atoms with Crippen molar-refractivity contribution < 1.29 is 9.50 Å². The number of rotatable bonds is 5. The summed E-state index contributed by atoms with van der Waals surface area (Å²) in [5.74, 6) is -0.401. The van der Waals surface area contributed by atoms with Crippen LogP contribution in [-0.2, 0) is 6.54 Å². The van der Waals surface area contributed by atoms with Gasteiger partial charge in [-0.1, -0.05) is 37.6 Å². The van der Waals surface area contributed by atoms with Crippen molar-refractivity contribution in [1.29, 1.82) is 0 Å². The van der Waals surface area contributed by atoms with Crippen molar-refractivity contribution in [3.8, 4) is 0 Å².